The molecule has 4 rings (SSSR count). The molecule has 0 spiro atoms. The van der Waals surface area contributed by atoms with Crippen LogP contribution in [0.15, 0.2) is 121 Å². The molecule has 0 aliphatic rings. The van der Waals surface area contributed by atoms with Gasteiger partial charge in [-0.15, -0.1) is 17.0 Å². The number of aliphatic hydroxyl groups is 4. The molecular weight excluding hydrogens is 584 g/mol. The van der Waals surface area contributed by atoms with Crippen LogP contribution in [0.3, 0.4) is 0 Å². The monoisotopic (exact) mass is 620 g/mol. The van der Waals surface area contributed by atoms with E-state index in [0.29, 0.717) is 16.7 Å². The van der Waals surface area contributed by atoms with Crippen LogP contribution in [0.25, 0.3) is 0 Å². The SMILES string of the molecule is Br.O=C(Cc1ccccc1)[C@@](Cc1ccccc1)(OCc1ccccc1)[C@](O)(Cc1ccccc1)[C@H](O)[C@H](O)CO. The lowest BCUT2D eigenvalue weighted by Crippen LogP contribution is -2.71. The molecular formula is C34H37BrO6. The summed E-state index contributed by atoms with van der Waals surface area (Å²) in [6.45, 7) is -0.849. The average Bonchev–Trinajstić information content (AvgIpc) is 3.00. The van der Waals surface area contributed by atoms with E-state index in [9.17, 15) is 25.2 Å². The number of hydrogen-bond acceptors (Lipinski definition) is 6. The predicted octanol–water partition coefficient (Wildman–Crippen LogP) is 4.26. The smallest absolute Gasteiger partial charge is 0.172 e. The number of Topliss-reactive ketones (excluding diaryl/α,β-unsaturated/α-hetero) is 1. The fraction of sp³-hybridized carbons (Fsp3) is 0.265. The summed E-state index contributed by atoms with van der Waals surface area (Å²) in [5.41, 5.74) is -1.55. The Kier molecular flexibility index (Phi) is 12.0. The number of ketones is 1. The number of benzene rings is 4. The molecule has 4 atom stereocenters. The molecule has 0 radical (unpaired) electrons. The molecule has 0 aliphatic heterocycles. The van der Waals surface area contributed by atoms with E-state index in [0.717, 1.165) is 5.56 Å². The van der Waals surface area contributed by atoms with Gasteiger partial charge in [0.2, 0.25) is 0 Å². The topological polar surface area (TPSA) is 107 Å². The van der Waals surface area contributed by atoms with Gasteiger partial charge in [0.25, 0.3) is 0 Å². The van der Waals surface area contributed by atoms with Crippen molar-refractivity contribution in [2.75, 3.05) is 6.61 Å². The number of rotatable bonds is 14. The highest BCUT2D eigenvalue weighted by atomic mass is 79.9. The molecule has 7 heteroatoms. The third-order valence-electron chi connectivity index (χ3n) is 7.34. The molecule has 0 saturated carbocycles. The van der Waals surface area contributed by atoms with Crippen molar-refractivity contribution in [1.29, 1.82) is 0 Å². The second-order valence-electron chi connectivity index (χ2n) is 10.1. The maximum atomic E-state index is 14.6. The third-order valence-corrected chi connectivity index (χ3v) is 7.34. The molecule has 41 heavy (non-hydrogen) atoms. The first-order chi connectivity index (χ1) is 19.4. The molecule has 216 valence electrons. The lowest BCUT2D eigenvalue weighted by molar-refractivity contribution is -0.241. The minimum Gasteiger partial charge on any atom is -0.394 e. The summed E-state index contributed by atoms with van der Waals surface area (Å²) in [5, 5.41) is 44.7. The number of halogens is 1. The molecule has 0 bridgehead atoms. The van der Waals surface area contributed by atoms with Crippen molar-refractivity contribution >= 4 is 22.8 Å². The van der Waals surface area contributed by atoms with Crippen molar-refractivity contribution in [3.05, 3.63) is 144 Å². The van der Waals surface area contributed by atoms with E-state index < -0.39 is 35.8 Å². The van der Waals surface area contributed by atoms with E-state index in [1.807, 2.05) is 97.1 Å². The number of carbonyl (C=O) groups excluding carboxylic acids is 1. The van der Waals surface area contributed by atoms with Gasteiger partial charge in [-0.3, -0.25) is 4.79 Å². The minimum atomic E-state index is -2.34. The summed E-state index contributed by atoms with van der Waals surface area (Å²) in [6, 6.07) is 36.5. The Balaban J connectivity index is 0.00000462. The zero-order valence-electron chi connectivity index (χ0n) is 22.8. The quantitative estimate of drug-likeness (QED) is 0.168. The second kappa shape index (κ2) is 15.2. The number of hydrogen-bond donors (Lipinski definition) is 4. The van der Waals surface area contributed by atoms with E-state index in [1.54, 1.807) is 24.3 Å². The van der Waals surface area contributed by atoms with Gasteiger partial charge in [0, 0.05) is 19.3 Å². The van der Waals surface area contributed by atoms with E-state index in [-0.39, 0.29) is 42.9 Å². The Labute approximate surface area is 251 Å². The van der Waals surface area contributed by atoms with Crippen molar-refractivity contribution in [3.63, 3.8) is 0 Å². The van der Waals surface area contributed by atoms with Gasteiger partial charge in [-0.25, -0.2) is 0 Å². The zero-order valence-corrected chi connectivity index (χ0v) is 24.5. The van der Waals surface area contributed by atoms with Gasteiger partial charge in [-0.1, -0.05) is 121 Å². The highest BCUT2D eigenvalue weighted by molar-refractivity contribution is 8.93. The summed E-state index contributed by atoms with van der Waals surface area (Å²) in [7, 11) is 0. The zero-order chi connectivity index (χ0) is 28.4. The molecule has 4 N–H and O–H groups in total. The van der Waals surface area contributed by atoms with Crippen LogP contribution in [0.2, 0.25) is 0 Å². The van der Waals surface area contributed by atoms with Crippen LogP contribution in [-0.4, -0.2) is 56.2 Å². The lowest BCUT2D eigenvalue weighted by Gasteiger charge is -2.49. The second-order valence-corrected chi connectivity index (χ2v) is 10.1. The molecule has 4 aromatic carbocycles. The van der Waals surface area contributed by atoms with Gasteiger partial charge >= 0.3 is 0 Å². The fourth-order valence-electron chi connectivity index (χ4n) is 5.15. The van der Waals surface area contributed by atoms with Crippen molar-refractivity contribution in [2.24, 2.45) is 0 Å². The number of aliphatic hydroxyl groups excluding tert-OH is 3. The van der Waals surface area contributed by atoms with Crippen LogP contribution < -0.4 is 0 Å². The molecule has 0 unspecified atom stereocenters. The largest absolute Gasteiger partial charge is 0.394 e. The van der Waals surface area contributed by atoms with Crippen LogP contribution in [-0.2, 0) is 35.4 Å². The number of ether oxygens (including phenoxy) is 1. The summed E-state index contributed by atoms with van der Waals surface area (Å²) in [5.74, 6) is -0.457. The summed E-state index contributed by atoms with van der Waals surface area (Å²) < 4.78 is 6.55. The maximum absolute atomic E-state index is 14.6. The summed E-state index contributed by atoms with van der Waals surface area (Å²) in [6.07, 6.45) is -4.02. The Morgan fingerprint density at radius 1 is 0.659 bits per heavy atom. The molecule has 0 saturated heterocycles. The van der Waals surface area contributed by atoms with Gasteiger partial charge in [0.05, 0.1) is 13.2 Å². The average molecular weight is 622 g/mol. The highest BCUT2D eigenvalue weighted by Crippen LogP contribution is 2.40. The Bertz CT molecular complexity index is 1320. The summed E-state index contributed by atoms with van der Waals surface area (Å²) in [4.78, 5) is 14.6. The summed E-state index contributed by atoms with van der Waals surface area (Å²) >= 11 is 0. The standard InChI is InChI=1S/C34H36O6.BrH/c35-24-30(36)32(38)33(39,22-27-15-7-2-8-16-27)34(23-28-17-9-3-10-18-28,40-25-29-19-11-4-12-20-29)31(37)21-26-13-5-1-6-14-26;/h1-20,30,32,35-36,38-39H,21-25H2;1H/t30-,32-,33+,34-;/m1./s1. The predicted molar refractivity (Wildman–Crippen MR) is 164 cm³/mol. The van der Waals surface area contributed by atoms with Crippen LogP contribution in [0, 0.1) is 0 Å². The van der Waals surface area contributed by atoms with Gasteiger partial charge in [0.1, 0.15) is 17.8 Å². The first-order valence-electron chi connectivity index (χ1n) is 13.4. The van der Waals surface area contributed by atoms with Gasteiger partial charge < -0.3 is 25.2 Å². The minimum absolute atomic E-state index is 0. The molecule has 0 aliphatic carbocycles. The first kappa shape index (κ1) is 32.3. The van der Waals surface area contributed by atoms with Crippen molar-refractivity contribution in [2.45, 2.75) is 49.3 Å². The van der Waals surface area contributed by atoms with E-state index in [4.69, 9.17) is 4.74 Å². The normalized spacial score (nSPS) is 15.5. The Morgan fingerprint density at radius 2 is 1.07 bits per heavy atom. The third kappa shape index (κ3) is 7.77. The highest BCUT2D eigenvalue weighted by Gasteiger charge is 2.61. The van der Waals surface area contributed by atoms with E-state index >= 15 is 0 Å². The van der Waals surface area contributed by atoms with E-state index in [2.05, 4.69) is 0 Å². The van der Waals surface area contributed by atoms with Gasteiger partial charge in [-0.2, -0.15) is 0 Å². The van der Waals surface area contributed by atoms with E-state index in [1.165, 1.54) is 0 Å². The van der Waals surface area contributed by atoms with Crippen LogP contribution in [0.4, 0.5) is 0 Å². The number of carbonyl (C=O) groups is 1. The van der Waals surface area contributed by atoms with Crippen LogP contribution in [0.5, 0.6) is 0 Å². The molecule has 0 aromatic heterocycles. The van der Waals surface area contributed by atoms with Gasteiger partial charge in [-0.05, 0) is 22.3 Å². The molecule has 0 heterocycles. The lowest BCUT2D eigenvalue weighted by atomic mass is 9.67. The Hall–Kier alpha value is -3.17. The molecule has 6 nitrogen and oxygen atoms in total. The van der Waals surface area contributed by atoms with Crippen molar-refractivity contribution in [1.82, 2.24) is 0 Å². The van der Waals surface area contributed by atoms with Gasteiger partial charge in [0.15, 0.2) is 11.4 Å². The fourth-order valence-corrected chi connectivity index (χ4v) is 5.15. The molecule has 0 fully saturated rings. The first-order valence-corrected chi connectivity index (χ1v) is 13.4. The molecule has 4 aromatic rings. The van der Waals surface area contributed by atoms with Crippen LogP contribution in [0.1, 0.15) is 22.3 Å². The van der Waals surface area contributed by atoms with Crippen molar-refractivity contribution < 1.29 is 30.0 Å². The maximum Gasteiger partial charge on any atom is 0.172 e. The molecule has 0 amide bonds. The van der Waals surface area contributed by atoms with Crippen molar-refractivity contribution in [3.8, 4) is 0 Å². The van der Waals surface area contributed by atoms with Crippen LogP contribution >= 0.6 is 17.0 Å². The Morgan fingerprint density at radius 3 is 1.54 bits per heavy atom.